The van der Waals surface area contributed by atoms with Gasteiger partial charge in [0.2, 0.25) is 0 Å². The molecule has 106 valence electrons. The maximum Gasteiger partial charge on any atom is 0.127 e. The van der Waals surface area contributed by atoms with Gasteiger partial charge in [-0.15, -0.1) is 0 Å². The van der Waals surface area contributed by atoms with Crippen LogP contribution in [0.5, 0.6) is 5.75 Å². The van der Waals surface area contributed by atoms with Gasteiger partial charge in [0.05, 0.1) is 18.5 Å². The molecule has 2 N–H and O–H groups in total. The summed E-state index contributed by atoms with van der Waals surface area (Å²) in [4.78, 5) is 0. The van der Waals surface area contributed by atoms with Gasteiger partial charge in [-0.1, -0.05) is 23.7 Å². The summed E-state index contributed by atoms with van der Waals surface area (Å²) in [7, 11) is 1.64. The molecule has 0 amide bonds. The van der Waals surface area contributed by atoms with Crippen LogP contribution in [-0.2, 0) is 0 Å². The van der Waals surface area contributed by atoms with Gasteiger partial charge < -0.3 is 10.5 Å². The fourth-order valence-corrected chi connectivity index (χ4v) is 2.23. The van der Waals surface area contributed by atoms with Gasteiger partial charge in [-0.25, -0.2) is 4.68 Å². The molecule has 0 aliphatic rings. The molecule has 0 spiro atoms. The third kappa shape index (κ3) is 2.71. The molecule has 0 unspecified atom stereocenters. The van der Waals surface area contributed by atoms with Gasteiger partial charge in [-0.05, 0) is 36.4 Å². The van der Waals surface area contributed by atoms with Crippen LogP contribution in [0.3, 0.4) is 0 Å². The van der Waals surface area contributed by atoms with E-state index in [9.17, 15) is 0 Å². The molecule has 0 radical (unpaired) electrons. The van der Waals surface area contributed by atoms with Crippen molar-refractivity contribution in [3.63, 3.8) is 0 Å². The third-order valence-electron chi connectivity index (χ3n) is 3.17. The Morgan fingerprint density at radius 2 is 1.86 bits per heavy atom. The van der Waals surface area contributed by atoms with Crippen molar-refractivity contribution in [1.82, 2.24) is 9.78 Å². The third-order valence-corrected chi connectivity index (χ3v) is 3.43. The van der Waals surface area contributed by atoms with E-state index in [0.29, 0.717) is 10.8 Å². The molecule has 0 aliphatic heterocycles. The number of benzene rings is 2. The molecular formula is C16H14ClN3O. The highest BCUT2D eigenvalue weighted by Crippen LogP contribution is 2.26. The molecule has 3 rings (SSSR count). The minimum absolute atomic E-state index is 0.565. The summed E-state index contributed by atoms with van der Waals surface area (Å²) in [6.45, 7) is 0. The van der Waals surface area contributed by atoms with Crippen LogP contribution in [0.25, 0.3) is 16.9 Å². The lowest BCUT2D eigenvalue weighted by molar-refractivity contribution is 0.415. The smallest absolute Gasteiger partial charge is 0.127 e. The highest BCUT2D eigenvalue weighted by atomic mass is 35.5. The number of methoxy groups -OCH3 is 1. The SMILES string of the molecule is COc1cccc(-c2cc(N)n(-c3ccc(Cl)cc3)n2)c1. The molecule has 0 saturated carbocycles. The van der Waals surface area contributed by atoms with Crippen LogP contribution in [0.4, 0.5) is 5.82 Å². The van der Waals surface area contributed by atoms with Crippen LogP contribution >= 0.6 is 11.6 Å². The maximum absolute atomic E-state index is 6.06. The predicted octanol–water partition coefficient (Wildman–Crippen LogP) is 3.78. The normalized spacial score (nSPS) is 10.6. The lowest BCUT2D eigenvalue weighted by atomic mass is 10.1. The summed E-state index contributed by atoms with van der Waals surface area (Å²) in [6, 6.07) is 16.9. The average Bonchev–Trinajstić information content (AvgIpc) is 2.90. The summed E-state index contributed by atoms with van der Waals surface area (Å²) < 4.78 is 6.92. The molecule has 1 aromatic heterocycles. The van der Waals surface area contributed by atoms with Crippen molar-refractivity contribution in [1.29, 1.82) is 0 Å². The number of rotatable bonds is 3. The van der Waals surface area contributed by atoms with Crippen LogP contribution in [0, 0.1) is 0 Å². The molecule has 0 atom stereocenters. The van der Waals surface area contributed by atoms with Crippen LogP contribution in [0.2, 0.25) is 5.02 Å². The molecule has 0 aliphatic carbocycles. The summed E-state index contributed by atoms with van der Waals surface area (Å²) in [5.41, 5.74) is 8.67. The Kier molecular flexibility index (Phi) is 3.54. The fourth-order valence-electron chi connectivity index (χ4n) is 2.11. The lowest BCUT2D eigenvalue weighted by Gasteiger charge is -2.04. The zero-order valence-corrected chi connectivity index (χ0v) is 12.2. The number of hydrogen-bond acceptors (Lipinski definition) is 3. The second-order valence-corrected chi connectivity index (χ2v) is 5.01. The van der Waals surface area contributed by atoms with E-state index in [1.165, 1.54) is 0 Å². The van der Waals surface area contributed by atoms with E-state index in [1.807, 2.05) is 54.6 Å². The number of hydrogen-bond donors (Lipinski definition) is 1. The number of nitrogen functional groups attached to an aromatic ring is 1. The number of halogens is 1. The molecule has 3 aromatic rings. The molecule has 2 aromatic carbocycles. The Bertz CT molecular complexity index is 765. The van der Waals surface area contributed by atoms with Gasteiger partial charge >= 0.3 is 0 Å². The van der Waals surface area contributed by atoms with Gasteiger partial charge in [0.1, 0.15) is 11.6 Å². The van der Waals surface area contributed by atoms with E-state index >= 15 is 0 Å². The molecular weight excluding hydrogens is 286 g/mol. The molecule has 1 heterocycles. The van der Waals surface area contributed by atoms with E-state index in [0.717, 1.165) is 22.7 Å². The van der Waals surface area contributed by atoms with Crippen LogP contribution in [0.15, 0.2) is 54.6 Å². The molecule has 5 heteroatoms. The lowest BCUT2D eigenvalue weighted by Crippen LogP contribution is -2.01. The average molecular weight is 300 g/mol. The monoisotopic (exact) mass is 299 g/mol. The van der Waals surface area contributed by atoms with Crippen molar-refractivity contribution >= 4 is 17.4 Å². The Balaban J connectivity index is 2.02. The quantitative estimate of drug-likeness (QED) is 0.800. The number of nitrogens with two attached hydrogens (primary N) is 1. The van der Waals surface area contributed by atoms with Crippen LogP contribution in [-0.4, -0.2) is 16.9 Å². The Morgan fingerprint density at radius 3 is 2.57 bits per heavy atom. The second kappa shape index (κ2) is 5.50. The van der Waals surface area contributed by atoms with Crippen molar-refractivity contribution in [3.05, 3.63) is 59.6 Å². The van der Waals surface area contributed by atoms with Gasteiger partial charge in [-0.2, -0.15) is 5.10 Å². The summed E-state index contributed by atoms with van der Waals surface area (Å²) in [6.07, 6.45) is 0. The molecule has 21 heavy (non-hydrogen) atoms. The van der Waals surface area contributed by atoms with Gasteiger partial charge in [0, 0.05) is 16.7 Å². The first kappa shape index (κ1) is 13.5. The fraction of sp³-hybridized carbons (Fsp3) is 0.0625. The highest BCUT2D eigenvalue weighted by Gasteiger charge is 2.09. The number of ether oxygens (including phenoxy) is 1. The maximum atomic E-state index is 6.06. The molecule has 0 bridgehead atoms. The van der Waals surface area contributed by atoms with E-state index in [1.54, 1.807) is 11.8 Å². The number of nitrogens with zero attached hydrogens (tertiary/aromatic N) is 2. The topological polar surface area (TPSA) is 53.1 Å². The number of aromatic nitrogens is 2. The van der Waals surface area contributed by atoms with Crippen molar-refractivity contribution < 1.29 is 4.74 Å². The van der Waals surface area contributed by atoms with Crippen molar-refractivity contribution in [2.24, 2.45) is 0 Å². The summed E-state index contributed by atoms with van der Waals surface area (Å²) in [5, 5.41) is 5.23. The molecule has 0 saturated heterocycles. The van der Waals surface area contributed by atoms with Gasteiger partial charge in [0.25, 0.3) is 0 Å². The van der Waals surface area contributed by atoms with E-state index < -0.39 is 0 Å². The van der Waals surface area contributed by atoms with Gasteiger partial charge in [0.15, 0.2) is 0 Å². The highest BCUT2D eigenvalue weighted by molar-refractivity contribution is 6.30. The Hall–Kier alpha value is -2.46. The zero-order chi connectivity index (χ0) is 14.8. The summed E-state index contributed by atoms with van der Waals surface area (Å²) in [5.74, 6) is 1.35. The minimum atomic E-state index is 0.565. The largest absolute Gasteiger partial charge is 0.497 e. The van der Waals surface area contributed by atoms with Crippen LogP contribution in [0.1, 0.15) is 0 Å². The number of anilines is 1. The predicted molar refractivity (Wildman–Crippen MR) is 85.0 cm³/mol. The Morgan fingerprint density at radius 1 is 1.10 bits per heavy atom. The van der Waals surface area contributed by atoms with Crippen molar-refractivity contribution in [3.8, 4) is 22.7 Å². The first-order valence-electron chi connectivity index (χ1n) is 6.43. The molecule has 0 fully saturated rings. The molecule has 4 nitrogen and oxygen atoms in total. The Labute approximate surface area is 127 Å². The first-order valence-corrected chi connectivity index (χ1v) is 6.81. The van der Waals surface area contributed by atoms with Crippen molar-refractivity contribution in [2.45, 2.75) is 0 Å². The van der Waals surface area contributed by atoms with Crippen molar-refractivity contribution in [2.75, 3.05) is 12.8 Å². The standard InChI is InChI=1S/C16H14ClN3O/c1-21-14-4-2-3-11(9-14)15-10-16(18)20(19-15)13-7-5-12(17)6-8-13/h2-10H,18H2,1H3. The van der Waals surface area contributed by atoms with Crippen LogP contribution < -0.4 is 10.5 Å². The van der Waals surface area contributed by atoms with E-state index in [4.69, 9.17) is 22.1 Å². The second-order valence-electron chi connectivity index (χ2n) is 4.57. The first-order chi connectivity index (χ1) is 10.2. The zero-order valence-electron chi connectivity index (χ0n) is 11.5. The van der Waals surface area contributed by atoms with E-state index in [-0.39, 0.29) is 0 Å². The van der Waals surface area contributed by atoms with E-state index in [2.05, 4.69) is 5.10 Å². The van der Waals surface area contributed by atoms with Gasteiger partial charge in [-0.3, -0.25) is 0 Å². The summed E-state index contributed by atoms with van der Waals surface area (Å²) >= 11 is 5.90. The minimum Gasteiger partial charge on any atom is -0.497 e.